The van der Waals surface area contributed by atoms with Crippen LogP contribution in [0, 0.1) is 5.82 Å². The smallest absolute Gasteiger partial charge is 0.218 e. The van der Waals surface area contributed by atoms with Gasteiger partial charge < -0.3 is 10.1 Å². The number of halogens is 2. The van der Waals surface area contributed by atoms with E-state index in [0.717, 1.165) is 15.6 Å². The van der Waals surface area contributed by atoms with Crippen LogP contribution in [0.3, 0.4) is 0 Å². The Bertz CT molecular complexity index is 587. The highest BCUT2D eigenvalue weighted by Crippen LogP contribution is 2.18. The topological polar surface area (TPSA) is 34.2 Å². The van der Waals surface area contributed by atoms with Crippen LogP contribution in [0.15, 0.2) is 41.0 Å². The summed E-state index contributed by atoms with van der Waals surface area (Å²) in [6, 6.07) is 9.63. The van der Waals surface area contributed by atoms with Gasteiger partial charge in [-0.15, -0.1) is 0 Å². The number of nitrogens with one attached hydrogen (secondary N) is 1. The van der Waals surface area contributed by atoms with Crippen LogP contribution in [0.1, 0.15) is 25.0 Å². The Morgan fingerprint density at radius 2 is 2.00 bits per heavy atom. The second-order valence-electron chi connectivity index (χ2n) is 5.07. The van der Waals surface area contributed by atoms with Crippen molar-refractivity contribution in [1.29, 1.82) is 0 Å². The summed E-state index contributed by atoms with van der Waals surface area (Å²) in [6.07, 6.45) is 1.18. The highest BCUT2D eigenvalue weighted by Gasteiger charge is 2.08. The van der Waals surface area contributed by atoms with Crippen molar-refractivity contribution in [3.8, 4) is 5.88 Å². The average Bonchev–Trinajstić information content (AvgIpc) is 2.45. The lowest BCUT2D eigenvalue weighted by Gasteiger charge is -2.13. The molecular weight excluding hydrogens is 335 g/mol. The molecule has 0 atom stereocenters. The Labute approximate surface area is 132 Å². The largest absolute Gasteiger partial charge is 0.473 e. The molecule has 5 heteroatoms. The van der Waals surface area contributed by atoms with Gasteiger partial charge in [0.25, 0.3) is 0 Å². The molecular formula is C16H18BrFN2O. The van der Waals surface area contributed by atoms with Crippen LogP contribution >= 0.6 is 15.9 Å². The van der Waals surface area contributed by atoms with Gasteiger partial charge in [-0.05, 0) is 23.8 Å². The SMILES string of the molecule is CC(C)NCc1cc(F)cnc1OCc1ccc(Br)cc1. The molecule has 0 radical (unpaired) electrons. The number of rotatable bonds is 6. The van der Waals surface area contributed by atoms with E-state index in [0.29, 0.717) is 25.1 Å². The quantitative estimate of drug-likeness (QED) is 0.851. The zero-order valence-electron chi connectivity index (χ0n) is 12.1. The maximum absolute atomic E-state index is 13.3. The van der Waals surface area contributed by atoms with Crippen molar-refractivity contribution in [1.82, 2.24) is 10.3 Å². The van der Waals surface area contributed by atoms with Gasteiger partial charge in [0.2, 0.25) is 5.88 Å². The average molecular weight is 353 g/mol. The van der Waals surface area contributed by atoms with Gasteiger partial charge in [-0.3, -0.25) is 0 Å². The first kappa shape index (κ1) is 15.9. The molecule has 0 bridgehead atoms. The molecule has 1 heterocycles. The molecule has 1 aromatic carbocycles. The van der Waals surface area contributed by atoms with Gasteiger partial charge in [-0.2, -0.15) is 0 Å². The molecule has 0 saturated carbocycles. The van der Waals surface area contributed by atoms with Gasteiger partial charge >= 0.3 is 0 Å². The first-order valence-electron chi connectivity index (χ1n) is 6.79. The van der Waals surface area contributed by atoms with Crippen LogP contribution in [-0.4, -0.2) is 11.0 Å². The van der Waals surface area contributed by atoms with Crippen LogP contribution < -0.4 is 10.1 Å². The minimum Gasteiger partial charge on any atom is -0.473 e. The van der Waals surface area contributed by atoms with E-state index in [-0.39, 0.29) is 5.82 Å². The minimum absolute atomic E-state index is 0.313. The van der Waals surface area contributed by atoms with Crippen molar-refractivity contribution in [2.24, 2.45) is 0 Å². The van der Waals surface area contributed by atoms with Crippen molar-refractivity contribution in [3.05, 3.63) is 57.9 Å². The fourth-order valence-corrected chi connectivity index (χ4v) is 2.04. The van der Waals surface area contributed by atoms with Gasteiger partial charge in [0, 0.05) is 22.6 Å². The molecule has 112 valence electrons. The Morgan fingerprint density at radius 3 is 2.67 bits per heavy atom. The first-order valence-corrected chi connectivity index (χ1v) is 7.59. The Morgan fingerprint density at radius 1 is 1.29 bits per heavy atom. The number of ether oxygens (including phenoxy) is 1. The van der Waals surface area contributed by atoms with Crippen molar-refractivity contribution < 1.29 is 9.13 Å². The van der Waals surface area contributed by atoms with Crippen LogP contribution in [-0.2, 0) is 13.2 Å². The predicted molar refractivity (Wildman–Crippen MR) is 84.6 cm³/mol. The second kappa shape index (κ2) is 7.52. The Balaban J connectivity index is 2.06. The summed E-state index contributed by atoms with van der Waals surface area (Å²) < 4.78 is 20.1. The lowest BCUT2D eigenvalue weighted by atomic mass is 10.2. The molecule has 0 saturated heterocycles. The van der Waals surface area contributed by atoms with Crippen LogP contribution in [0.5, 0.6) is 5.88 Å². The molecule has 0 aliphatic carbocycles. The van der Waals surface area contributed by atoms with Gasteiger partial charge in [-0.25, -0.2) is 9.37 Å². The van der Waals surface area contributed by atoms with E-state index in [9.17, 15) is 4.39 Å². The number of aromatic nitrogens is 1. The van der Waals surface area contributed by atoms with Crippen molar-refractivity contribution in [2.45, 2.75) is 33.0 Å². The van der Waals surface area contributed by atoms with E-state index in [4.69, 9.17) is 4.74 Å². The summed E-state index contributed by atoms with van der Waals surface area (Å²) in [5.41, 5.74) is 1.76. The van der Waals surface area contributed by atoms with E-state index < -0.39 is 0 Å². The highest BCUT2D eigenvalue weighted by molar-refractivity contribution is 9.10. The lowest BCUT2D eigenvalue weighted by molar-refractivity contribution is 0.288. The summed E-state index contributed by atoms with van der Waals surface area (Å²) in [5, 5.41) is 3.24. The van der Waals surface area contributed by atoms with Crippen LogP contribution in [0.25, 0.3) is 0 Å². The minimum atomic E-state index is -0.355. The summed E-state index contributed by atoms with van der Waals surface area (Å²) in [6.45, 7) is 5.00. The summed E-state index contributed by atoms with van der Waals surface area (Å²) >= 11 is 3.39. The van der Waals surface area contributed by atoms with E-state index in [1.807, 2.05) is 38.1 Å². The fourth-order valence-electron chi connectivity index (χ4n) is 1.77. The Kier molecular flexibility index (Phi) is 5.70. The lowest BCUT2D eigenvalue weighted by Crippen LogP contribution is -2.22. The third-order valence-corrected chi connectivity index (χ3v) is 3.41. The molecule has 0 unspecified atom stereocenters. The predicted octanol–water partition coefficient (Wildman–Crippen LogP) is 4.06. The van der Waals surface area contributed by atoms with Gasteiger partial charge in [0.1, 0.15) is 12.4 Å². The number of hydrogen-bond donors (Lipinski definition) is 1. The molecule has 3 nitrogen and oxygen atoms in total. The molecule has 0 aliphatic heterocycles. The van der Waals surface area contributed by atoms with Crippen LogP contribution in [0.2, 0.25) is 0 Å². The van der Waals surface area contributed by atoms with Gasteiger partial charge in [0.15, 0.2) is 0 Å². The third-order valence-electron chi connectivity index (χ3n) is 2.88. The fraction of sp³-hybridized carbons (Fsp3) is 0.312. The molecule has 0 aliphatic rings. The van der Waals surface area contributed by atoms with E-state index in [1.165, 1.54) is 12.3 Å². The van der Waals surface area contributed by atoms with E-state index >= 15 is 0 Å². The van der Waals surface area contributed by atoms with Crippen molar-refractivity contribution in [3.63, 3.8) is 0 Å². The molecule has 21 heavy (non-hydrogen) atoms. The summed E-state index contributed by atoms with van der Waals surface area (Å²) in [5.74, 6) is 0.110. The number of nitrogens with zero attached hydrogens (tertiary/aromatic N) is 1. The zero-order valence-corrected chi connectivity index (χ0v) is 13.7. The molecule has 0 spiro atoms. The standard InChI is InChI=1S/C16H18BrFN2O/c1-11(2)19-8-13-7-15(18)9-20-16(13)21-10-12-3-5-14(17)6-4-12/h3-7,9,11,19H,8,10H2,1-2H3. The number of benzene rings is 1. The monoisotopic (exact) mass is 352 g/mol. The van der Waals surface area contributed by atoms with Gasteiger partial charge in [-0.1, -0.05) is 41.9 Å². The van der Waals surface area contributed by atoms with Crippen molar-refractivity contribution >= 4 is 15.9 Å². The molecule has 0 amide bonds. The van der Waals surface area contributed by atoms with Crippen LogP contribution in [0.4, 0.5) is 4.39 Å². The maximum atomic E-state index is 13.3. The van der Waals surface area contributed by atoms with E-state index in [2.05, 4.69) is 26.2 Å². The molecule has 0 fully saturated rings. The third kappa shape index (κ3) is 5.10. The zero-order chi connectivity index (χ0) is 15.2. The molecule has 1 aromatic heterocycles. The summed E-state index contributed by atoms with van der Waals surface area (Å²) in [7, 11) is 0. The maximum Gasteiger partial charge on any atom is 0.218 e. The first-order chi connectivity index (χ1) is 10.0. The second-order valence-corrected chi connectivity index (χ2v) is 5.98. The molecule has 1 N–H and O–H groups in total. The number of pyridine rings is 1. The highest BCUT2D eigenvalue weighted by atomic mass is 79.9. The van der Waals surface area contributed by atoms with E-state index in [1.54, 1.807) is 0 Å². The van der Waals surface area contributed by atoms with Gasteiger partial charge in [0.05, 0.1) is 6.20 Å². The van der Waals surface area contributed by atoms with Crippen molar-refractivity contribution in [2.75, 3.05) is 0 Å². The molecule has 2 rings (SSSR count). The number of hydrogen-bond acceptors (Lipinski definition) is 3. The molecule has 2 aromatic rings. The Hall–Kier alpha value is -1.46. The summed E-state index contributed by atoms with van der Waals surface area (Å²) in [4.78, 5) is 4.04. The normalized spacial score (nSPS) is 10.9.